The summed E-state index contributed by atoms with van der Waals surface area (Å²) in [5.74, 6) is 0.137. The summed E-state index contributed by atoms with van der Waals surface area (Å²) in [5.41, 5.74) is 2.90. The van der Waals surface area contributed by atoms with Gasteiger partial charge in [0.05, 0.1) is 39.1 Å². The lowest BCUT2D eigenvalue weighted by Crippen LogP contribution is -2.60. The van der Waals surface area contributed by atoms with E-state index < -0.39 is 35.8 Å². The number of esters is 1. The summed E-state index contributed by atoms with van der Waals surface area (Å²) >= 11 is 1.55. The molecule has 0 saturated carbocycles. The van der Waals surface area contributed by atoms with Crippen LogP contribution in [-0.2, 0) is 43.5 Å². The van der Waals surface area contributed by atoms with E-state index in [-0.39, 0.29) is 13.2 Å². The zero-order valence-electron chi connectivity index (χ0n) is 27.3. The molecule has 7 nitrogen and oxygen atoms in total. The Morgan fingerprint density at radius 1 is 0.612 bits per heavy atom. The van der Waals surface area contributed by atoms with Crippen LogP contribution in [0.15, 0.2) is 150 Å². The third kappa shape index (κ3) is 9.81. The number of thioether (sulfide) groups is 1. The van der Waals surface area contributed by atoms with E-state index in [1.54, 1.807) is 43.1 Å². The molecule has 0 N–H and O–H groups in total. The Morgan fingerprint density at radius 2 is 1.12 bits per heavy atom. The van der Waals surface area contributed by atoms with E-state index in [9.17, 15) is 4.79 Å². The highest BCUT2D eigenvalue weighted by Gasteiger charge is 2.50. The Bertz CT molecular complexity index is 1690. The molecule has 0 amide bonds. The molecule has 8 heteroatoms. The molecule has 0 spiro atoms. The van der Waals surface area contributed by atoms with Crippen LogP contribution in [0, 0.1) is 0 Å². The second kappa shape index (κ2) is 17.8. The van der Waals surface area contributed by atoms with Gasteiger partial charge in [0.1, 0.15) is 29.5 Å². The fraction of sp³-hybridized carbons (Fsp3) is 0.244. The van der Waals surface area contributed by atoms with Crippen LogP contribution in [0.25, 0.3) is 0 Å². The van der Waals surface area contributed by atoms with E-state index in [0.717, 1.165) is 21.6 Å². The van der Waals surface area contributed by atoms with Gasteiger partial charge in [-0.3, -0.25) is 0 Å². The number of benzene rings is 5. The third-order valence-electron chi connectivity index (χ3n) is 8.12. The first-order valence-electron chi connectivity index (χ1n) is 16.3. The van der Waals surface area contributed by atoms with Crippen molar-refractivity contribution in [1.29, 1.82) is 0 Å². The number of ether oxygens (including phenoxy) is 6. The van der Waals surface area contributed by atoms with E-state index in [4.69, 9.17) is 28.4 Å². The Morgan fingerprint density at radius 3 is 1.67 bits per heavy atom. The average Bonchev–Trinajstić information content (AvgIpc) is 3.16. The molecule has 49 heavy (non-hydrogen) atoms. The van der Waals surface area contributed by atoms with E-state index in [1.807, 2.05) is 121 Å². The van der Waals surface area contributed by atoms with Gasteiger partial charge in [-0.05, 0) is 53.1 Å². The summed E-state index contributed by atoms with van der Waals surface area (Å²) in [6, 6.07) is 46.7. The van der Waals surface area contributed by atoms with E-state index in [2.05, 4.69) is 0 Å². The number of carbonyl (C=O) groups excluding carboxylic acids is 1. The summed E-state index contributed by atoms with van der Waals surface area (Å²) in [4.78, 5) is 14.8. The van der Waals surface area contributed by atoms with Gasteiger partial charge in [-0.1, -0.05) is 121 Å². The summed E-state index contributed by atoms with van der Waals surface area (Å²) in [7, 11) is 1.58. The van der Waals surface area contributed by atoms with Crippen molar-refractivity contribution in [2.24, 2.45) is 0 Å². The molecular formula is C41H40O7S. The van der Waals surface area contributed by atoms with Crippen LogP contribution in [0.3, 0.4) is 0 Å². The highest BCUT2D eigenvalue weighted by atomic mass is 32.2. The van der Waals surface area contributed by atoms with Crippen molar-refractivity contribution in [1.82, 2.24) is 0 Å². The van der Waals surface area contributed by atoms with Gasteiger partial charge in [-0.2, -0.15) is 0 Å². The first kappa shape index (κ1) is 34.4. The molecule has 0 aliphatic carbocycles. The predicted molar refractivity (Wildman–Crippen MR) is 189 cm³/mol. The molecule has 0 radical (unpaired) electrons. The molecular weight excluding hydrogens is 637 g/mol. The van der Waals surface area contributed by atoms with Crippen LogP contribution in [-0.4, -0.2) is 49.5 Å². The van der Waals surface area contributed by atoms with Gasteiger partial charge in [0.25, 0.3) is 0 Å². The summed E-state index contributed by atoms with van der Waals surface area (Å²) in [6.45, 7) is 1.14. The van der Waals surface area contributed by atoms with E-state index in [1.165, 1.54) is 0 Å². The van der Waals surface area contributed by atoms with Gasteiger partial charge >= 0.3 is 5.97 Å². The maximum atomic E-state index is 13.8. The lowest BCUT2D eigenvalue weighted by atomic mass is 9.98. The normalized spacial score (nSPS) is 20.4. The maximum Gasteiger partial charge on any atom is 0.338 e. The van der Waals surface area contributed by atoms with Crippen LogP contribution in [0.2, 0.25) is 0 Å². The van der Waals surface area contributed by atoms with Crippen molar-refractivity contribution in [3.63, 3.8) is 0 Å². The minimum absolute atomic E-state index is 0.165. The quantitative estimate of drug-likeness (QED) is 0.103. The largest absolute Gasteiger partial charge is 0.497 e. The van der Waals surface area contributed by atoms with Crippen molar-refractivity contribution in [3.05, 3.63) is 168 Å². The highest BCUT2D eigenvalue weighted by Crippen LogP contribution is 2.38. The summed E-state index contributed by atoms with van der Waals surface area (Å²) in [6.07, 6.45) is -2.84. The number of carbonyl (C=O) groups is 1. The van der Waals surface area contributed by atoms with Gasteiger partial charge in [0.15, 0.2) is 6.10 Å². The molecule has 0 bridgehead atoms. The number of hydrogen-bond acceptors (Lipinski definition) is 8. The Hall–Kier alpha value is -4.44. The lowest BCUT2D eigenvalue weighted by molar-refractivity contribution is -0.240. The molecule has 0 aromatic heterocycles. The zero-order chi connectivity index (χ0) is 33.7. The second-order valence-corrected chi connectivity index (χ2v) is 12.8. The number of methoxy groups -OCH3 is 1. The van der Waals surface area contributed by atoms with Crippen LogP contribution in [0.5, 0.6) is 5.75 Å². The van der Waals surface area contributed by atoms with E-state index in [0.29, 0.717) is 24.5 Å². The van der Waals surface area contributed by atoms with Gasteiger partial charge < -0.3 is 28.4 Å². The fourth-order valence-electron chi connectivity index (χ4n) is 5.57. The molecule has 1 saturated heterocycles. The average molecular weight is 677 g/mol. The predicted octanol–water partition coefficient (Wildman–Crippen LogP) is 8.13. The van der Waals surface area contributed by atoms with Crippen molar-refractivity contribution in [2.75, 3.05) is 13.7 Å². The second-order valence-electron chi connectivity index (χ2n) is 11.6. The molecule has 252 valence electrons. The Balaban J connectivity index is 1.34. The Kier molecular flexibility index (Phi) is 12.5. The molecule has 0 unspecified atom stereocenters. The topological polar surface area (TPSA) is 72.5 Å². The van der Waals surface area contributed by atoms with Crippen LogP contribution < -0.4 is 4.74 Å². The van der Waals surface area contributed by atoms with Crippen LogP contribution in [0.1, 0.15) is 27.0 Å². The fourth-order valence-corrected chi connectivity index (χ4v) is 6.72. The van der Waals surface area contributed by atoms with Gasteiger partial charge in [0, 0.05) is 4.90 Å². The third-order valence-corrected chi connectivity index (χ3v) is 9.28. The van der Waals surface area contributed by atoms with Crippen molar-refractivity contribution in [3.8, 4) is 5.75 Å². The monoisotopic (exact) mass is 676 g/mol. The first-order chi connectivity index (χ1) is 24.2. The molecule has 6 rings (SSSR count). The van der Waals surface area contributed by atoms with Crippen molar-refractivity contribution >= 4 is 17.7 Å². The minimum atomic E-state index is -0.859. The summed E-state index contributed by atoms with van der Waals surface area (Å²) < 4.78 is 38.2. The molecule has 5 aromatic rings. The van der Waals surface area contributed by atoms with Crippen LogP contribution in [0.4, 0.5) is 0 Å². The summed E-state index contributed by atoms with van der Waals surface area (Å²) in [5, 5.41) is 0. The van der Waals surface area contributed by atoms with Crippen LogP contribution >= 0.6 is 11.8 Å². The molecule has 1 heterocycles. The lowest BCUT2D eigenvalue weighted by Gasteiger charge is -2.45. The highest BCUT2D eigenvalue weighted by molar-refractivity contribution is 7.99. The SMILES string of the molecule is COc1ccc(C(=O)O[C@@H]2[C@H](OCc3ccccc3)[C@@H](OCc3ccccc3)[C@H](Sc3ccccc3)O[C@@H]2COCc2ccccc2)cc1. The molecule has 1 aliphatic heterocycles. The standard InChI is InChI=1S/C41H40O7S/c1-43-34-24-22-33(23-25-34)40(42)48-37-36(29-44-26-30-14-6-2-7-15-30)47-41(49-35-20-12-5-13-21-35)39(46-28-32-18-10-4-11-19-32)38(37)45-27-31-16-8-3-9-17-31/h2-25,36-39,41H,26-29H2,1H3/t36-,37+,38+,39-,41+/m1/s1. The van der Waals surface area contributed by atoms with E-state index >= 15 is 0 Å². The Labute approximate surface area is 292 Å². The first-order valence-corrected chi connectivity index (χ1v) is 17.2. The smallest absolute Gasteiger partial charge is 0.338 e. The van der Waals surface area contributed by atoms with Gasteiger partial charge in [0.2, 0.25) is 0 Å². The number of hydrogen-bond donors (Lipinski definition) is 0. The molecule has 5 atom stereocenters. The molecule has 1 aliphatic rings. The van der Waals surface area contributed by atoms with Crippen molar-refractivity contribution in [2.45, 2.75) is 54.6 Å². The van der Waals surface area contributed by atoms with Gasteiger partial charge in [-0.25, -0.2) is 4.79 Å². The minimum Gasteiger partial charge on any atom is -0.497 e. The molecule has 5 aromatic carbocycles. The molecule has 1 fully saturated rings. The maximum absolute atomic E-state index is 13.8. The number of rotatable bonds is 15. The van der Waals surface area contributed by atoms with Gasteiger partial charge in [-0.15, -0.1) is 0 Å². The van der Waals surface area contributed by atoms with Crippen molar-refractivity contribution < 1.29 is 33.2 Å². The zero-order valence-corrected chi connectivity index (χ0v) is 28.2.